The second-order valence-corrected chi connectivity index (χ2v) is 6.57. The number of amides is 2. The highest BCUT2D eigenvalue weighted by Gasteiger charge is 2.34. The number of nitrogens with one attached hydrogen (secondary N) is 2. The first-order valence-corrected chi connectivity index (χ1v) is 7.21. The van der Waals surface area contributed by atoms with Crippen LogP contribution in [0.4, 0.5) is 4.79 Å². The van der Waals surface area contributed by atoms with Gasteiger partial charge in [-0.3, -0.25) is 0 Å². The van der Waals surface area contributed by atoms with Crippen molar-refractivity contribution in [2.24, 2.45) is 0 Å². The minimum Gasteiger partial charge on any atom is -0.456 e. The van der Waals surface area contributed by atoms with Crippen LogP contribution >= 0.6 is 11.3 Å². The van der Waals surface area contributed by atoms with Gasteiger partial charge in [0.05, 0.1) is 11.6 Å². The predicted molar refractivity (Wildman–Crippen MR) is 77.3 cm³/mol. The van der Waals surface area contributed by atoms with E-state index in [1.54, 1.807) is 6.92 Å². The van der Waals surface area contributed by atoms with Gasteiger partial charge in [0.15, 0.2) is 0 Å². The van der Waals surface area contributed by atoms with E-state index in [0.717, 1.165) is 4.88 Å². The molecule has 2 rings (SSSR count). The van der Waals surface area contributed by atoms with E-state index >= 15 is 0 Å². The Hall–Kier alpha value is -1.82. The number of carbonyl (C=O) groups excluding carboxylic acids is 2. The molecule has 0 saturated heterocycles. The molecule has 1 aliphatic heterocycles. The van der Waals surface area contributed by atoms with Crippen molar-refractivity contribution in [1.29, 1.82) is 0 Å². The summed E-state index contributed by atoms with van der Waals surface area (Å²) in [7, 11) is 0. The maximum Gasteiger partial charge on any atom is 0.338 e. The van der Waals surface area contributed by atoms with E-state index in [1.807, 2.05) is 38.3 Å². The number of allylic oxidation sites excluding steroid dienone is 1. The van der Waals surface area contributed by atoms with Crippen LogP contribution in [0, 0.1) is 0 Å². The van der Waals surface area contributed by atoms with Crippen LogP contribution in [0.3, 0.4) is 0 Å². The molecule has 1 atom stereocenters. The molecule has 0 saturated carbocycles. The summed E-state index contributed by atoms with van der Waals surface area (Å²) in [5.41, 5.74) is 0.398. The molecule has 0 spiro atoms. The lowest BCUT2D eigenvalue weighted by Crippen LogP contribution is -2.45. The zero-order chi connectivity index (χ0) is 14.9. The van der Waals surface area contributed by atoms with Crippen LogP contribution < -0.4 is 10.6 Å². The van der Waals surface area contributed by atoms with E-state index < -0.39 is 17.6 Å². The lowest BCUT2D eigenvalue weighted by molar-refractivity contribution is -0.150. The largest absolute Gasteiger partial charge is 0.456 e. The highest BCUT2D eigenvalue weighted by Crippen LogP contribution is 2.31. The molecule has 1 aromatic heterocycles. The summed E-state index contributed by atoms with van der Waals surface area (Å²) in [6, 6.07) is 3.00. The Morgan fingerprint density at radius 3 is 2.65 bits per heavy atom. The standard InChI is InChI=1S/C14H18N2O3S/c1-8-10(12(17)19-14(2,3)4)11(16-13(18)15-8)9-6-5-7-20-9/h5-7,11H,1-4H3,(H2,15,16,18)/t11-/m0/s1. The number of hydrogen-bond acceptors (Lipinski definition) is 4. The smallest absolute Gasteiger partial charge is 0.338 e. The van der Waals surface area contributed by atoms with Crippen molar-refractivity contribution in [1.82, 2.24) is 10.6 Å². The van der Waals surface area contributed by atoms with Gasteiger partial charge in [0.25, 0.3) is 0 Å². The lowest BCUT2D eigenvalue weighted by Gasteiger charge is -2.29. The molecular weight excluding hydrogens is 276 g/mol. The van der Waals surface area contributed by atoms with Crippen LogP contribution in [-0.4, -0.2) is 17.6 Å². The second-order valence-electron chi connectivity index (χ2n) is 5.59. The van der Waals surface area contributed by atoms with E-state index in [4.69, 9.17) is 4.74 Å². The number of carbonyl (C=O) groups is 2. The fourth-order valence-electron chi connectivity index (χ4n) is 1.97. The Bertz CT molecular complexity index is 555. The summed E-state index contributed by atoms with van der Waals surface area (Å²) >= 11 is 1.49. The third kappa shape index (κ3) is 3.19. The van der Waals surface area contributed by atoms with Gasteiger partial charge in [-0.2, -0.15) is 0 Å². The number of hydrogen-bond donors (Lipinski definition) is 2. The van der Waals surface area contributed by atoms with Crippen LogP contribution in [-0.2, 0) is 9.53 Å². The van der Waals surface area contributed by atoms with Crippen molar-refractivity contribution in [2.75, 3.05) is 0 Å². The molecule has 0 aromatic carbocycles. The number of rotatable bonds is 2. The van der Waals surface area contributed by atoms with E-state index in [0.29, 0.717) is 11.3 Å². The number of thiophene rings is 1. The second kappa shape index (κ2) is 5.28. The van der Waals surface area contributed by atoms with Crippen molar-refractivity contribution >= 4 is 23.3 Å². The zero-order valence-electron chi connectivity index (χ0n) is 11.9. The minimum absolute atomic E-state index is 0.312. The molecule has 1 aromatic rings. The molecule has 6 heteroatoms. The average Bonchev–Trinajstić information content (AvgIpc) is 2.77. The zero-order valence-corrected chi connectivity index (χ0v) is 12.8. The van der Waals surface area contributed by atoms with Gasteiger partial charge in [-0.05, 0) is 39.1 Å². The fraction of sp³-hybridized carbons (Fsp3) is 0.429. The van der Waals surface area contributed by atoms with Gasteiger partial charge >= 0.3 is 12.0 Å². The molecule has 0 unspecified atom stereocenters. The minimum atomic E-state index is -0.578. The Labute approximate surface area is 122 Å². The number of esters is 1. The molecule has 0 fully saturated rings. The van der Waals surface area contributed by atoms with Crippen LogP contribution in [0.25, 0.3) is 0 Å². The maximum atomic E-state index is 12.4. The van der Waals surface area contributed by atoms with Gasteiger partial charge in [-0.1, -0.05) is 6.07 Å². The third-order valence-corrected chi connectivity index (χ3v) is 3.65. The Morgan fingerprint density at radius 2 is 2.10 bits per heavy atom. The molecule has 20 heavy (non-hydrogen) atoms. The normalized spacial score (nSPS) is 19.4. The van der Waals surface area contributed by atoms with Gasteiger partial charge in [-0.15, -0.1) is 11.3 Å². The summed E-state index contributed by atoms with van der Waals surface area (Å²) in [6.07, 6.45) is 0. The summed E-state index contributed by atoms with van der Waals surface area (Å²) in [5, 5.41) is 7.30. The number of ether oxygens (including phenoxy) is 1. The Balaban J connectivity index is 2.37. The monoisotopic (exact) mass is 294 g/mol. The molecule has 2 N–H and O–H groups in total. The third-order valence-electron chi connectivity index (χ3n) is 2.72. The van der Waals surface area contributed by atoms with Crippen molar-refractivity contribution < 1.29 is 14.3 Å². The Kier molecular flexibility index (Phi) is 3.85. The first-order valence-electron chi connectivity index (χ1n) is 6.33. The molecule has 1 aliphatic rings. The highest BCUT2D eigenvalue weighted by atomic mass is 32.1. The molecule has 0 radical (unpaired) electrons. The summed E-state index contributed by atoms with van der Waals surface area (Å²) in [5.74, 6) is -0.416. The van der Waals surface area contributed by atoms with Crippen LogP contribution in [0.2, 0.25) is 0 Å². The van der Waals surface area contributed by atoms with Crippen molar-refractivity contribution in [3.63, 3.8) is 0 Å². The quantitative estimate of drug-likeness (QED) is 0.824. The summed E-state index contributed by atoms with van der Waals surface area (Å²) in [6.45, 7) is 7.15. The van der Waals surface area contributed by atoms with E-state index in [9.17, 15) is 9.59 Å². The maximum absolute atomic E-state index is 12.4. The van der Waals surface area contributed by atoms with Gasteiger partial charge in [0.2, 0.25) is 0 Å². The lowest BCUT2D eigenvalue weighted by atomic mass is 10.0. The van der Waals surface area contributed by atoms with Crippen molar-refractivity contribution in [3.05, 3.63) is 33.7 Å². The predicted octanol–water partition coefficient (Wildman–Crippen LogP) is 2.72. The SMILES string of the molecule is CC1=C(C(=O)OC(C)(C)C)[C@H](c2cccs2)NC(=O)N1. The average molecular weight is 294 g/mol. The fourth-order valence-corrected chi connectivity index (χ4v) is 2.75. The van der Waals surface area contributed by atoms with E-state index in [2.05, 4.69) is 10.6 Å². The molecule has 108 valence electrons. The van der Waals surface area contributed by atoms with Gasteiger partial charge in [-0.25, -0.2) is 9.59 Å². The molecular formula is C14H18N2O3S. The summed E-state index contributed by atoms with van der Waals surface area (Å²) in [4.78, 5) is 24.9. The topological polar surface area (TPSA) is 67.4 Å². The van der Waals surface area contributed by atoms with Gasteiger partial charge in [0, 0.05) is 10.6 Å². The first kappa shape index (κ1) is 14.6. The van der Waals surface area contributed by atoms with Crippen LogP contribution in [0.15, 0.2) is 28.8 Å². The van der Waals surface area contributed by atoms with Gasteiger partial charge in [0.1, 0.15) is 5.60 Å². The molecule has 0 aliphatic carbocycles. The molecule has 5 nitrogen and oxygen atoms in total. The molecule has 2 heterocycles. The van der Waals surface area contributed by atoms with E-state index in [-0.39, 0.29) is 6.03 Å². The highest BCUT2D eigenvalue weighted by molar-refractivity contribution is 7.10. The molecule has 0 bridgehead atoms. The van der Waals surface area contributed by atoms with Crippen LogP contribution in [0.5, 0.6) is 0 Å². The Morgan fingerprint density at radius 1 is 1.40 bits per heavy atom. The number of urea groups is 1. The first-order chi connectivity index (χ1) is 9.28. The van der Waals surface area contributed by atoms with E-state index in [1.165, 1.54) is 11.3 Å². The van der Waals surface area contributed by atoms with Crippen molar-refractivity contribution in [3.8, 4) is 0 Å². The molecule has 2 amide bonds. The van der Waals surface area contributed by atoms with Gasteiger partial charge < -0.3 is 15.4 Å². The summed E-state index contributed by atoms with van der Waals surface area (Å²) < 4.78 is 5.43. The van der Waals surface area contributed by atoms with Crippen LogP contribution in [0.1, 0.15) is 38.6 Å². The van der Waals surface area contributed by atoms with Crippen molar-refractivity contribution in [2.45, 2.75) is 39.3 Å².